The zero-order valence-electron chi connectivity index (χ0n) is 17.6. The van der Waals surface area contributed by atoms with Gasteiger partial charge in [-0.3, -0.25) is 9.20 Å². The molecule has 0 unspecified atom stereocenters. The molecule has 6 nitrogen and oxygen atoms in total. The Bertz CT molecular complexity index is 1310. The fourth-order valence-corrected chi connectivity index (χ4v) is 3.80. The van der Waals surface area contributed by atoms with Crippen molar-refractivity contribution in [2.45, 2.75) is 25.8 Å². The summed E-state index contributed by atoms with van der Waals surface area (Å²) in [6.07, 6.45) is 4.21. The van der Waals surface area contributed by atoms with Crippen molar-refractivity contribution < 1.29 is 4.79 Å². The lowest BCUT2D eigenvalue weighted by Gasteiger charge is -2.11. The van der Waals surface area contributed by atoms with E-state index in [0.29, 0.717) is 18.8 Å². The second-order valence-corrected chi connectivity index (χ2v) is 8.07. The van der Waals surface area contributed by atoms with Crippen molar-refractivity contribution in [2.24, 2.45) is 5.92 Å². The number of amides is 1. The molecule has 0 radical (unpaired) electrons. The number of anilines is 2. The third kappa shape index (κ3) is 4.19. The summed E-state index contributed by atoms with van der Waals surface area (Å²) in [5, 5.41) is 15.4. The van der Waals surface area contributed by atoms with E-state index < -0.39 is 0 Å². The number of pyridine rings is 1. The maximum absolute atomic E-state index is 12.1. The highest BCUT2D eigenvalue weighted by Crippen LogP contribution is 2.30. The fourth-order valence-electron chi connectivity index (χ4n) is 3.80. The molecule has 6 heteroatoms. The zero-order valence-corrected chi connectivity index (χ0v) is 17.6. The number of carbonyl (C=O) groups excluding carboxylic acids is 1. The van der Waals surface area contributed by atoms with E-state index in [0.717, 1.165) is 46.6 Å². The Hall–Kier alpha value is -4.11. The molecule has 0 spiro atoms. The molecule has 2 heterocycles. The van der Waals surface area contributed by atoms with Crippen LogP contribution in [0.4, 0.5) is 11.5 Å². The van der Waals surface area contributed by atoms with Crippen molar-refractivity contribution in [1.82, 2.24) is 9.38 Å². The molecule has 0 bridgehead atoms. The van der Waals surface area contributed by atoms with E-state index >= 15 is 0 Å². The normalized spacial score (nSPS) is 13.0. The van der Waals surface area contributed by atoms with E-state index in [4.69, 9.17) is 5.26 Å². The average Bonchev–Trinajstić information content (AvgIpc) is 3.59. The highest BCUT2D eigenvalue weighted by atomic mass is 16.2. The molecule has 2 N–H and O–H groups in total. The van der Waals surface area contributed by atoms with Crippen LogP contribution in [-0.2, 0) is 17.8 Å². The number of hydrogen-bond acceptors (Lipinski definition) is 4. The van der Waals surface area contributed by atoms with Crippen molar-refractivity contribution >= 4 is 23.1 Å². The van der Waals surface area contributed by atoms with E-state index in [1.54, 1.807) is 0 Å². The molecule has 2 aromatic heterocycles. The van der Waals surface area contributed by atoms with Gasteiger partial charge in [-0.25, -0.2) is 4.98 Å². The summed E-state index contributed by atoms with van der Waals surface area (Å²) >= 11 is 0. The van der Waals surface area contributed by atoms with Crippen molar-refractivity contribution in [3.05, 3.63) is 84.1 Å². The molecule has 0 atom stereocenters. The number of nitrogens with zero attached hydrogens (tertiary/aromatic N) is 3. The summed E-state index contributed by atoms with van der Waals surface area (Å²) in [5.74, 6) is 0.793. The highest BCUT2D eigenvalue weighted by Gasteiger charge is 2.30. The molecule has 0 saturated heterocycles. The molecule has 1 aliphatic carbocycles. The maximum Gasteiger partial charge on any atom is 0.228 e. The number of nitriles is 1. The monoisotopic (exact) mass is 421 g/mol. The lowest BCUT2D eigenvalue weighted by atomic mass is 10.1. The standard InChI is InChI=1S/C26H23N5O/c27-15-14-19-4-1-2-5-22(19)28-16-18-8-10-20(11-9-18)23-6-3-7-25-29-24(17-31(23)25)30-26(32)21-12-13-21/h1-11,17,21,28H,12-14,16H2,(H,30,32). The van der Waals surface area contributed by atoms with Crippen LogP contribution < -0.4 is 10.6 Å². The number of imidazole rings is 1. The number of rotatable bonds is 7. The number of hydrogen-bond donors (Lipinski definition) is 2. The minimum atomic E-state index is 0.0585. The quantitative estimate of drug-likeness (QED) is 0.439. The van der Waals surface area contributed by atoms with Crippen molar-refractivity contribution in [3.63, 3.8) is 0 Å². The summed E-state index contributed by atoms with van der Waals surface area (Å²) in [4.78, 5) is 16.6. The Morgan fingerprint density at radius 3 is 2.66 bits per heavy atom. The van der Waals surface area contributed by atoms with Crippen molar-refractivity contribution in [3.8, 4) is 17.3 Å². The molecular weight excluding hydrogens is 398 g/mol. The van der Waals surface area contributed by atoms with Gasteiger partial charge in [-0.05, 0) is 47.7 Å². The SMILES string of the molecule is N#CCc1ccccc1NCc1ccc(-c2cccc3nc(NC(=O)C4CC4)cn23)cc1. The van der Waals surface area contributed by atoms with E-state index in [1.807, 2.05) is 53.1 Å². The molecule has 1 amide bonds. The molecule has 5 rings (SSSR count). The van der Waals surface area contributed by atoms with Gasteiger partial charge in [0.25, 0.3) is 0 Å². The van der Waals surface area contributed by atoms with Crippen LogP contribution in [-0.4, -0.2) is 15.3 Å². The van der Waals surface area contributed by atoms with Gasteiger partial charge in [0.15, 0.2) is 5.82 Å². The van der Waals surface area contributed by atoms with Crippen LogP contribution in [0.25, 0.3) is 16.9 Å². The largest absolute Gasteiger partial charge is 0.381 e. The number of fused-ring (bicyclic) bond motifs is 1. The van der Waals surface area contributed by atoms with Gasteiger partial charge in [0, 0.05) is 18.2 Å². The predicted octanol–water partition coefficient (Wildman–Crippen LogP) is 5.03. The van der Waals surface area contributed by atoms with Crippen LogP contribution in [0.2, 0.25) is 0 Å². The molecular formula is C26H23N5O. The second-order valence-electron chi connectivity index (χ2n) is 8.07. The third-order valence-corrected chi connectivity index (χ3v) is 5.71. The Balaban J connectivity index is 1.33. The fraction of sp³-hybridized carbons (Fsp3) is 0.192. The molecule has 1 fully saturated rings. The molecule has 1 aliphatic rings. The number of carbonyl (C=O) groups is 1. The van der Waals surface area contributed by atoms with E-state index in [9.17, 15) is 4.79 Å². The summed E-state index contributed by atoms with van der Waals surface area (Å²) in [6, 6.07) is 24.5. The smallest absolute Gasteiger partial charge is 0.228 e. The molecule has 32 heavy (non-hydrogen) atoms. The Kier molecular flexibility index (Phi) is 5.30. The van der Waals surface area contributed by atoms with Crippen LogP contribution in [0, 0.1) is 17.2 Å². The average molecular weight is 422 g/mol. The minimum Gasteiger partial charge on any atom is -0.381 e. The summed E-state index contributed by atoms with van der Waals surface area (Å²) in [7, 11) is 0. The van der Waals surface area contributed by atoms with Gasteiger partial charge < -0.3 is 10.6 Å². The zero-order chi connectivity index (χ0) is 21.9. The lowest BCUT2D eigenvalue weighted by molar-refractivity contribution is -0.117. The first kappa shape index (κ1) is 19.8. The summed E-state index contributed by atoms with van der Waals surface area (Å²) in [5.41, 5.74) is 6.02. The molecule has 4 aromatic rings. The van der Waals surface area contributed by atoms with Crippen LogP contribution in [0.3, 0.4) is 0 Å². The van der Waals surface area contributed by atoms with Gasteiger partial charge in [-0.15, -0.1) is 0 Å². The topological polar surface area (TPSA) is 82.2 Å². The first-order chi connectivity index (χ1) is 15.7. The first-order valence-electron chi connectivity index (χ1n) is 10.8. The Morgan fingerprint density at radius 2 is 1.88 bits per heavy atom. The number of aromatic nitrogens is 2. The Morgan fingerprint density at radius 1 is 1.06 bits per heavy atom. The molecule has 158 valence electrons. The van der Waals surface area contributed by atoms with E-state index in [2.05, 4.69) is 46.0 Å². The maximum atomic E-state index is 12.1. The van der Waals surface area contributed by atoms with Crippen LogP contribution >= 0.6 is 0 Å². The number of nitrogens with one attached hydrogen (secondary N) is 2. The van der Waals surface area contributed by atoms with Gasteiger partial charge in [0.2, 0.25) is 5.91 Å². The molecule has 1 saturated carbocycles. The molecule has 0 aliphatic heterocycles. The highest BCUT2D eigenvalue weighted by molar-refractivity contribution is 5.93. The number of para-hydroxylation sites is 1. The van der Waals surface area contributed by atoms with E-state index in [1.165, 1.54) is 0 Å². The van der Waals surface area contributed by atoms with E-state index in [-0.39, 0.29) is 11.8 Å². The summed E-state index contributed by atoms with van der Waals surface area (Å²) < 4.78 is 2.01. The van der Waals surface area contributed by atoms with Gasteiger partial charge in [-0.1, -0.05) is 48.5 Å². The first-order valence-corrected chi connectivity index (χ1v) is 10.8. The lowest BCUT2D eigenvalue weighted by Crippen LogP contribution is -2.13. The third-order valence-electron chi connectivity index (χ3n) is 5.71. The van der Waals surface area contributed by atoms with Crippen LogP contribution in [0.15, 0.2) is 72.9 Å². The summed E-state index contributed by atoms with van der Waals surface area (Å²) in [6.45, 7) is 0.676. The van der Waals surface area contributed by atoms with Crippen LogP contribution in [0.5, 0.6) is 0 Å². The number of benzene rings is 2. The van der Waals surface area contributed by atoms with Gasteiger partial charge in [-0.2, -0.15) is 5.26 Å². The van der Waals surface area contributed by atoms with Gasteiger partial charge in [0.1, 0.15) is 5.65 Å². The second kappa shape index (κ2) is 8.56. The van der Waals surface area contributed by atoms with Gasteiger partial charge in [0.05, 0.1) is 24.4 Å². The van der Waals surface area contributed by atoms with Crippen molar-refractivity contribution in [1.29, 1.82) is 5.26 Å². The van der Waals surface area contributed by atoms with Crippen molar-refractivity contribution in [2.75, 3.05) is 10.6 Å². The minimum absolute atomic E-state index is 0.0585. The van der Waals surface area contributed by atoms with Gasteiger partial charge >= 0.3 is 0 Å². The molecule has 2 aromatic carbocycles. The van der Waals surface area contributed by atoms with Crippen LogP contribution in [0.1, 0.15) is 24.0 Å². The Labute approximate surface area is 186 Å². The predicted molar refractivity (Wildman–Crippen MR) is 125 cm³/mol.